The Morgan fingerprint density at radius 2 is 2.05 bits per heavy atom. The second-order valence-corrected chi connectivity index (χ2v) is 6.12. The van der Waals surface area contributed by atoms with E-state index in [9.17, 15) is 0 Å². The summed E-state index contributed by atoms with van der Waals surface area (Å²) in [6, 6.07) is 6.68. The summed E-state index contributed by atoms with van der Waals surface area (Å²) in [6.45, 7) is 3.86. The zero-order valence-electron chi connectivity index (χ0n) is 12.8. The van der Waals surface area contributed by atoms with Crippen LogP contribution in [-0.4, -0.2) is 31.6 Å². The van der Waals surface area contributed by atoms with Crippen molar-refractivity contribution in [3.63, 3.8) is 0 Å². The number of ether oxygens (including phenoxy) is 1. The minimum absolute atomic E-state index is 0. The summed E-state index contributed by atoms with van der Waals surface area (Å²) < 4.78 is 5.95. The monoisotopic (exact) mass is 298 g/mol. The van der Waals surface area contributed by atoms with Gasteiger partial charge < -0.3 is 15.4 Å². The molecular weight excluding hydrogens is 272 g/mol. The average Bonchev–Trinajstić information content (AvgIpc) is 3.10. The Bertz CT molecular complexity index is 417. The topological polar surface area (TPSA) is 38.5 Å². The van der Waals surface area contributed by atoms with Crippen LogP contribution in [0, 0.1) is 5.92 Å². The fraction of sp³-hybridized carbons (Fsp3) is 0.625. The van der Waals surface area contributed by atoms with Gasteiger partial charge in [-0.25, -0.2) is 0 Å². The van der Waals surface area contributed by atoms with E-state index in [2.05, 4.69) is 37.2 Å². The van der Waals surface area contributed by atoms with Crippen LogP contribution in [0.4, 0.5) is 0 Å². The van der Waals surface area contributed by atoms with E-state index >= 15 is 0 Å². The predicted octanol–water partition coefficient (Wildman–Crippen LogP) is 2.85. The van der Waals surface area contributed by atoms with Crippen molar-refractivity contribution in [1.82, 2.24) is 4.90 Å². The second-order valence-electron chi connectivity index (χ2n) is 6.12. The Hall–Kier alpha value is -0.770. The average molecular weight is 299 g/mol. The molecule has 0 saturated heterocycles. The zero-order valence-corrected chi connectivity index (χ0v) is 13.6. The summed E-state index contributed by atoms with van der Waals surface area (Å²) in [4.78, 5) is 2.18. The lowest BCUT2D eigenvalue weighted by molar-refractivity contribution is 0.296. The Morgan fingerprint density at radius 3 is 2.60 bits per heavy atom. The lowest BCUT2D eigenvalue weighted by atomic mass is 10.0. The molecule has 1 unspecified atom stereocenters. The normalized spacial score (nSPS) is 15.8. The summed E-state index contributed by atoms with van der Waals surface area (Å²) in [7, 11) is 4.17. The number of benzene rings is 1. The van der Waals surface area contributed by atoms with Gasteiger partial charge in [0.05, 0.1) is 6.61 Å². The SMILES string of the molecule is CC(N)Cc1cc(CN(C)C)ccc1OCC1CC1.Cl. The highest BCUT2D eigenvalue weighted by Gasteiger charge is 2.22. The smallest absolute Gasteiger partial charge is 0.122 e. The lowest BCUT2D eigenvalue weighted by Crippen LogP contribution is -2.19. The molecule has 114 valence electrons. The van der Waals surface area contributed by atoms with Crippen LogP contribution in [0.5, 0.6) is 5.75 Å². The number of halogens is 1. The highest BCUT2D eigenvalue weighted by Crippen LogP contribution is 2.31. The molecule has 1 aromatic rings. The number of nitrogens with zero attached hydrogens (tertiary/aromatic N) is 1. The Labute approximate surface area is 128 Å². The van der Waals surface area contributed by atoms with Crippen molar-refractivity contribution in [3.05, 3.63) is 29.3 Å². The van der Waals surface area contributed by atoms with Gasteiger partial charge in [0.2, 0.25) is 0 Å². The van der Waals surface area contributed by atoms with Gasteiger partial charge in [0.15, 0.2) is 0 Å². The first-order valence-corrected chi connectivity index (χ1v) is 7.19. The summed E-state index contributed by atoms with van der Waals surface area (Å²) in [5.74, 6) is 1.80. The highest BCUT2D eigenvalue weighted by atomic mass is 35.5. The molecule has 0 amide bonds. The Kier molecular flexibility index (Phi) is 6.80. The number of hydrogen-bond acceptors (Lipinski definition) is 3. The molecule has 2 rings (SSSR count). The molecule has 1 atom stereocenters. The van der Waals surface area contributed by atoms with E-state index in [0.29, 0.717) is 0 Å². The van der Waals surface area contributed by atoms with Crippen LogP contribution in [-0.2, 0) is 13.0 Å². The summed E-state index contributed by atoms with van der Waals surface area (Å²) in [6.07, 6.45) is 3.52. The molecule has 1 fully saturated rings. The Balaban J connectivity index is 0.00000200. The van der Waals surface area contributed by atoms with Crippen LogP contribution in [0.3, 0.4) is 0 Å². The van der Waals surface area contributed by atoms with Crippen LogP contribution in [0.25, 0.3) is 0 Å². The van der Waals surface area contributed by atoms with E-state index in [4.69, 9.17) is 10.5 Å². The maximum Gasteiger partial charge on any atom is 0.122 e. The van der Waals surface area contributed by atoms with E-state index < -0.39 is 0 Å². The molecule has 0 spiro atoms. The standard InChI is InChI=1S/C16H26N2O.ClH/c1-12(17)8-15-9-14(10-18(2)3)6-7-16(15)19-11-13-4-5-13;/h6-7,9,12-13H,4-5,8,10-11,17H2,1-3H3;1H. The Morgan fingerprint density at radius 1 is 1.35 bits per heavy atom. The van der Waals surface area contributed by atoms with Crippen LogP contribution in [0.1, 0.15) is 30.9 Å². The van der Waals surface area contributed by atoms with Gasteiger partial charge in [-0.3, -0.25) is 0 Å². The third kappa shape index (κ3) is 5.70. The van der Waals surface area contributed by atoms with Crippen LogP contribution in [0.2, 0.25) is 0 Å². The third-order valence-electron chi connectivity index (χ3n) is 3.34. The minimum Gasteiger partial charge on any atom is -0.493 e. The largest absolute Gasteiger partial charge is 0.493 e. The fourth-order valence-corrected chi connectivity index (χ4v) is 2.24. The first kappa shape index (κ1) is 17.3. The predicted molar refractivity (Wildman–Crippen MR) is 86.7 cm³/mol. The number of nitrogens with two attached hydrogens (primary N) is 1. The van der Waals surface area contributed by atoms with Crippen LogP contribution < -0.4 is 10.5 Å². The molecule has 1 aliphatic rings. The van der Waals surface area contributed by atoms with Crippen molar-refractivity contribution >= 4 is 12.4 Å². The lowest BCUT2D eigenvalue weighted by Gasteiger charge is -2.16. The molecule has 0 heterocycles. The molecule has 0 aliphatic heterocycles. The van der Waals surface area contributed by atoms with Crippen molar-refractivity contribution in [2.24, 2.45) is 11.7 Å². The maximum atomic E-state index is 5.95. The maximum absolute atomic E-state index is 5.95. The van der Waals surface area contributed by atoms with Gasteiger partial charge in [-0.05, 0) is 63.4 Å². The van der Waals surface area contributed by atoms with Crippen molar-refractivity contribution in [3.8, 4) is 5.75 Å². The molecular formula is C16H27ClN2O. The van der Waals surface area contributed by atoms with Gasteiger partial charge in [0.1, 0.15) is 5.75 Å². The van der Waals surface area contributed by atoms with E-state index in [1.54, 1.807) is 0 Å². The van der Waals surface area contributed by atoms with E-state index in [0.717, 1.165) is 31.2 Å². The third-order valence-corrected chi connectivity index (χ3v) is 3.34. The summed E-state index contributed by atoms with van der Waals surface area (Å²) >= 11 is 0. The van der Waals surface area contributed by atoms with Crippen molar-refractivity contribution < 1.29 is 4.74 Å². The minimum atomic E-state index is 0. The zero-order chi connectivity index (χ0) is 13.8. The van der Waals surface area contributed by atoms with Gasteiger partial charge in [-0.1, -0.05) is 12.1 Å². The van der Waals surface area contributed by atoms with Gasteiger partial charge in [0.25, 0.3) is 0 Å². The highest BCUT2D eigenvalue weighted by molar-refractivity contribution is 5.85. The van der Waals surface area contributed by atoms with E-state index in [1.165, 1.54) is 24.0 Å². The molecule has 3 nitrogen and oxygen atoms in total. The summed E-state index contributed by atoms with van der Waals surface area (Å²) in [5, 5.41) is 0. The quantitative estimate of drug-likeness (QED) is 0.841. The molecule has 0 bridgehead atoms. The molecule has 0 radical (unpaired) electrons. The second kappa shape index (κ2) is 7.87. The van der Waals surface area contributed by atoms with Gasteiger partial charge >= 0.3 is 0 Å². The molecule has 0 aromatic heterocycles. The number of hydrogen-bond donors (Lipinski definition) is 1. The molecule has 1 aliphatic carbocycles. The van der Waals surface area contributed by atoms with Crippen molar-refractivity contribution in [1.29, 1.82) is 0 Å². The molecule has 1 saturated carbocycles. The molecule has 1 aromatic carbocycles. The molecule has 20 heavy (non-hydrogen) atoms. The van der Waals surface area contributed by atoms with Gasteiger partial charge in [-0.2, -0.15) is 0 Å². The van der Waals surface area contributed by atoms with Crippen LogP contribution >= 0.6 is 12.4 Å². The van der Waals surface area contributed by atoms with E-state index in [-0.39, 0.29) is 18.4 Å². The van der Waals surface area contributed by atoms with Crippen LogP contribution in [0.15, 0.2) is 18.2 Å². The van der Waals surface area contributed by atoms with Crippen molar-refractivity contribution in [2.45, 2.75) is 38.8 Å². The molecule has 2 N–H and O–H groups in total. The van der Waals surface area contributed by atoms with E-state index in [1.807, 2.05) is 6.92 Å². The van der Waals surface area contributed by atoms with Gasteiger partial charge in [0, 0.05) is 12.6 Å². The summed E-state index contributed by atoms with van der Waals surface area (Å²) in [5.41, 5.74) is 8.51. The fourth-order valence-electron chi connectivity index (χ4n) is 2.24. The van der Waals surface area contributed by atoms with Gasteiger partial charge in [-0.15, -0.1) is 12.4 Å². The molecule has 4 heteroatoms. The first-order valence-electron chi connectivity index (χ1n) is 7.19. The first-order chi connectivity index (χ1) is 9.04. The van der Waals surface area contributed by atoms with Crippen molar-refractivity contribution in [2.75, 3.05) is 20.7 Å². The number of rotatable bonds is 7.